The van der Waals surface area contributed by atoms with E-state index in [2.05, 4.69) is 12.2 Å². The Hall–Kier alpha value is -1.84. The zero-order valence-corrected chi connectivity index (χ0v) is 11.9. The maximum Gasteiger partial charge on any atom is 0.328 e. The minimum Gasteiger partial charge on any atom is -0.464 e. The second kappa shape index (κ2) is 10.0. The van der Waals surface area contributed by atoms with Crippen molar-refractivity contribution < 1.29 is 14.3 Å². The Kier molecular flexibility index (Phi) is 8.11. The molecule has 0 fully saturated rings. The maximum absolute atomic E-state index is 11.9. The summed E-state index contributed by atoms with van der Waals surface area (Å²) in [4.78, 5) is 22.4. The van der Waals surface area contributed by atoms with Crippen LogP contribution in [0.25, 0.3) is 0 Å². The van der Waals surface area contributed by atoms with Gasteiger partial charge in [0.15, 0.2) is 0 Å². The largest absolute Gasteiger partial charge is 0.464 e. The Bertz CT molecular complexity index is 392. The standard InChI is InChI=1S/C16H22NO3/c1-2-3-4-8-11-20-16(19)15(17-13-18)12-14-9-6-5-7-10-14/h5-7,9-10,15H,2-4,8,11-12H2,1H3,(H,17,18). The molecular weight excluding hydrogens is 254 g/mol. The predicted octanol–water partition coefficient (Wildman–Crippen LogP) is 2.38. The average Bonchev–Trinajstić information content (AvgIpc) is 2.47. The van der Waals surface area contributed by atoms with Crippen molar-refractivity contribution in [3.8, 4) is 0 Å². The number of amides is 1. The van der Waals surface area contributed by atoms with Crippen molar-refractivity contribution in [2.24, 2.45) is 0 Å². The van der Waals surface area contributed by atoms with Gasteiger partial charge in [-0.3, -0.25) is 4.79 Å². The lowest BCUT2D eigenvalue weighted by atomic mass is 10.1. The molecule has 0 aliphatic heterocycles. The molecular formula is C16H22NO3. The molecule has 1 aromatic carbocycles. The number of carbonyl (C=O) groups is 1. The fraction of sp³-hybridized carbons (Fsp3) is 0.500. The summed E-state index contributed by atoms with van der Waals surface area (Å²) >= 11 is 0. The second-order valence-electron chi connectivity index (χ2n) is 4.72. The molecule has 0 aromatic heterocycles. The summed E-state index contributed by atoms with van der Waals surface area (Å²) in [6.45, 7) is 2.54. The summed E-state index contributed by atoms with van der Waals surface area (Å²) in [6.07, 6.45) is 6.21. The third-order valence-corrected chi connectivity index (χ3v) is 3.04. The van der Waals surface area contributed by atoms with Crippen molar-refractivity contribution in [1.29, 1.82) is 0 Å². The van der Waals surface area contributed by atoms with Crippen LogP contribution in [0.3, 0.4) is 0 Å². The van der Waals surface area contributed by atoms with Crippen LogP contribution in [0.5, 0.6) is 0 Å². The number of unbranched alkanes of at least 4 members (excludes halogenated alkanes) is 3. The van der Waals surface area contributed by atoms with Gasteiger partial charge in [0.05, 0.1) is 6.61 Å². The van der Waals surface area contributed by atoms with E-state index in [9.17, 15) is 9.59 Å². The van der Waals surface area contributed by atoms with Gasteiger partial charge in [0.25, 0.3) is 0 Å². The lowest BCUT2D eigenvalue weighted by molar-refractivity contribution is -0.145. The van der Waals surface area contributed by atoms with E-state index in [4.69, 9.17) is 4.74 Å². The summed E-state index contributed by atoms with van der Waals surface area (Å²) in [7, 11) is 0. The van der Waals surface area contributed by atoms with Gasteiger partial charge in [0, 0.05) is 6.42 Å². The summed E-state index contributed by atoms with van der Waals surface area (Å²) in [5.41, 5.74) is 0.975. The monoisotopic (exact) mass is 276 g/mol. The van der Waals surface area contributed by atoms with Crippen LogP contribution in [0.15, 0.2) is 30.3 Å². The number of esters is 1. The molecule has 109 valence electrons. The SMILES string of the molecule is CCCCCCOC(=O)C(Cc1ccccc1)N[C]=O. The first kappa shape index (κ1) is 16.2. The van der Waals surface area contributed by atoms with Crippen LogP contribution in [0.1, 0.15) is 38.2 Å². The molecule has 20 heavy (non-hydrogen) atoms. The summed E-state index contributed by atoms with van der Waals surface area (Å²) in [6, 6.07) is 8.85. The van der Waals surface area contributed by atoms with Crippen LogP contribution in [0.4, 0.5) is 0 Å². The number of hydrogen-bond donors (Lipinski definition) is 1. The fourth-order valence-corrected chi connectivity index (χ4v) is 1.92. The Morgan fingerprint density at radius 1 is 1.25 bits per heavy atom. The number of nitrogens with one attached hydrogen (secondary N) is 1. The van der Waals surface area contributed by atoms with Crippen molar-refractivity contribution in [1.82, 2.24) is 5.32 Å². The van der Waals surface area contributed by atoms with Gasteiger partial charge in [-0.05, 0) is 12.0 Å². The van der Waals surface area contributed by atoms with Crippen LogP contribution in [0, 0.1) is 0 Å². The number of hydrogen-bond acceptors (Lipinski definition) is 3. The highest BCUT2D eigenvalue weighted by Crippen LogP contribution is 2.05. The molecule has 0 bridgehead atoms. The third-order valence-electron chi connectivity index (χ3n) is 3.04. The van der Waals surface area contributed by atoms with E-state index in [1.807, 2.05) is 30.3 Å². The molecule has 4 heteroatoms. The Labute approximate surface area is 120 Å². The smallest absolute Gasteiger partial charge is 0.328 e. The molecule has 0 saturated carbocycles. The van der Waals surface area contributed by atoms with Gasteiger partial charge in [0.2, 0.25) is 0 Å². The number of ether oxygens (including phenoxy) is 1. The lowest BCUT2D eigenvalue weighted by Gasteiger charge is -2.14. The third kappa shape index (κ3) is 6.36. The van der Waals surface area contributed by atoms with Gasteiger partial charge in [0.1, 0.15) is 6.04 Å². The van der Waals surface area contributed by atoms with Gasteiger partial charge in [-0.1, -0.05) is 56.5 Å². The molecule has 1 radical (unpaired) electrons. The van der Waals surface area contributed by atoms with E-state index in [-0.39, 0.29) is 0 Å². The van der Waals surface area contributed by atoms with Crippen LogP contribution >= 0.6 is 0 Å². The van der Waals surface area contributed by atoms with E-state index in [0.717, 1.165) is 31.2 Å². The van der Waals surface area contributed by atoms with Crippen LogP contribution < -0.4 is 5.32 Å². The number of carbonyl (C=O) groups excluding carboxylic acids is 2. The fourth-order valence-electron chi connectivity index (χ4n) is 1.92. The van der Waals surface area contributed by atoms with Crippen molar-refractivity contribution in [2.75, 3.05) is 6.61 Å². The molecule has 1 N–H and O–H groups in total. The van der Waals surface area contributed by atoms with Gasteiger partial charge in [-0.25, -0.2) is 4.79 Å². The first-order valence-electron chi connectivity index (χ1n) is 7.11. The van der Waals surface area contributed by atoms with Crippen molar-refractivity contribution in [2.45, 2.75) is 45.1 Å². The molecule has 0 heterocycles. The highest BCUT2D eigenvalue weighted by molar-refractivity contribution is 5.78. The minimum atomic E-state index is -0.666. The Morgan fingerprint density at radius 3 is 2.65 bits per heavy atom. The van der Waals surface area contributed by atoms with Gasteiger partial charge >= 0.3 is 12.4 Å². The average molecular weight is 276 g/mol. The van der Waals surface area contributed by atoms with E-state index < -0.39 is 12.0 Å². The summed E-state index contributed by atoms with van der Waals surface area (Å²) in [5.74, 6) is -0.395. The second-order valence-corrected chi connectivity index (χ2v) is 4.72. The normalized spacial score (nSPS) is 11.7. The van der Waals surface area contributed by atoms with E-state index in [1.54, 1.807) is 6.41 Å². The van der Waals surface area contributed by atoms with Gasteiger partial charge in [-0.2, -0.15) is 0 Å². The molecule has 0 spiro atoms. The molecule has 4 nitrogen and oxygen atoms in total. The predicted molar refractivity (Wildman–Crippen MR) is 77.9 cm³/mol. The quantitative estimate of drug-likeness (QED) is 0.405. The van der Waals surface area contributed by atoms with E-state index >= 15 is 0 Å². The zero-order chi connectivity index (χ0) is 14.6. The first-order chi connectivity index (χ1) is 9.77. The summed E-state index contributed by atoms with van der Waals surface area (Å²) in [5, 5.41) is 2.40. The molecule has 1 rings (SSSR count). The Balaban J connectivity index is 2.40. The highest BCUT2D eigenvalue weighted by atomic mass is 16.5. The minimum absolute atomic E-state index is 0.395. The topological polar surface area (TPSA) is 55.4 Å². The van der Waals surface area contributed by atoms with Crippen molar-refractivity contribution in [3.05, 3.63) is 35.9 Å². The number of benzene rings is 1. The van der Waals surface area contributed by atoms with E-state index in [1.165, 1.54) is 0 Å². The van der Waals surface area contributed by atoms with Crippen LogP contribution in [-0.4, -0.2) is 25.0 Å². The van der Waals surface area contributed by atoms with Gasteiger partial charge < -0.3 is 10.1 Å². The molecule has 1 amide bonds. The maximum atomic E-state index is 11.9. The van der Waals surface area contributed by atoms with Crippen molar-refractivity contribution >= 4 is 12.4 Å². The molecule has 1 unspecified atom stereocenters. The number of rotatable bonds is 10. The Morgan fingerprint density at radius 2 is 2.00 bits per heavy atom. The molecule has 1 aromatic rings. The lowest BCUT2D eigenvalue weighted by Crippen LogP contribution is -2.39. The molecule has 0 aliphatic carbocycles. The summed E-state index contributed by atoms with van der Waals surface area (Å²) < 4.78 is 5.20. The van der Waals surface area contributed by atoms with Gasteiger partial charge in [-0.15, -0.1) is 0 Å². The zero-order valence-electron chi connectivity index (χ0n) is 11.9. The molecule has 0 aliphatic rings. The molecule has 1 atom stereocenters. The van der Waals surface area contributed by atoms with Crippen LogP contribution in [0.2, 0.25) is 0 Å². The van der Waals surface area contributed by atoms with E-state index in [0.29, 0.717) is 13.0 Å². The van der Waals surface area contributed by atoms with Crippen molar-refractivity contribution in [3.63, 3.8) is 0 Å². The highest BCUT2D eigenvalue weighted by Gasteiger charge is 2.19. The molecule has 0 saturated heterocycles. The van der Waals surface area contributed by atoms with Crippen LogP contribution in [-0.2, 0) is 20.7 Å². The first-order valence-corrected chi connectivity index (χ1v) is 7.11.